The third-order valence-corrected chi connectivity index (χ3v) is 4.02. The number of benzene rings is 2. The van der Waals surface area contributed by atoms with Crippen LogP contribution < -0.4 is 5.32 Å². The molecule has 0 aliphatic heterocycles. The van der Waals surface area contributed by atoms with Crippen molar-refractivity contribution in [1.29, 1.82) is 0 Å². The van der Waals surface area contributed by atoms with E-state index in [1.165, 1.54) is 0 Å². The molecule has 0 spiro atoms. The highest BCUT2D eigenvalue weighted by Gasteiger charge is 2.10. The van der Waals surface area contributed by atoms with Crippen LogP contribution >= 0.6 is 15.9 Å². The molecule has 0 aromatic heterocycles. The number of nitrogens with one attached hydrogen (secondary N) is 1. The Morgan fingerprint density at radius 2 is 1.83 bits per heavy atom. The number of rotatable bonds is 6. The summed E-state index contributed by atoms with van der Waals surface area (Å²) < 4.78 is 5.99. The van der Waals surface area contributed by atoms with Crippen molar-refractivity contribution in [2.75, 3.05) is 6.61 Å². The van der Waals surface area contributed by atoms with Crippen molar-refractivity contribution in [1.82, 2.24) is 5.32 Å². The second-order valence-electron chi connectivity index (χ2n) is 5.76. The molecule has 2 aromatic rings. The lowest BCUT2D eigenvalue weighted by atomic mass is 10.0. The molecule has 0 atom stereocenters. The maximum atomic E-state index is 11.9. The first-order valence-corrected chi connectivity index (χ1v) is 8.53. The topological polar surface area (TPSA) is 55.4 Å². The van der Waals surface area contributed by atoms with E-state index < -0.39 is 5.97 Å². The van der Waals surface area contributed by atoms with Gasteiger partial charge < -0.3 is 10.1 Å². The van der Waals surface area contributed by atoms with Crippen LogP contribution in [0.25, 0.3) is 0 Å². The molecule has 0 radical (unpaired) electrons. The van der Waals surface area contributed by atoms with Gasteiger partial charge >= 0.3 is 5.97 Å². The Labute approximate surface area is 150 Å². The van der Waals surface area contributed by atoms with Gasteiger partial charge in [0.2, 0.25) is 0 Å². The maximum absolute atomic E-state index is 11.9. The molecule has 126 valence electrons. The van der Waals surface area contributed by atoms with Gasteiger partial charge in [-0.25, -0.2) is 4.79 Å². The Balaban J connectivity index is 1.79. The Morgan fingerprint density at radius 1 is 1.12 bits per heavy atom. The van der Waals surface area contributed by atoms with Crippen LogP contribution in [0.5, 0.6) is 0 Å². The predicted molar refractivity (Wildman–Crippen MR) is 96.8 cm³/mol. The quantitative estimate of drug-likeness (QED) is 0.758. The molecule has 2 rings (SSSR count). The molecule has 1 amide bonds. The van der Waals surface area contributed by atoms with Crippen molar-refractivity contribution >= 4 is 27.8 Å². The molecule has 0 aliphatic rings. The summed E-state index contributed by atoms with van der Waals surface area (Å²) in [5.41, 5.74) is 2.56. The number of hydrogen-bond donors (Lipinski definition) is 1. The minimum Gasteiger partial charge on any atom is -0.452 e. The summed E-state index contributed by atoms with van der Waals surface area (Å²) in [6, 6.07) is 14.9. The molecule has 0 fully saturated rings. The van der Waals surface area contributed by atoms with Crippen molar-refractivity contribution in [3.05, 3.63) is 69.7 Å². The van der Waals surface area contributed by atoms with Gasteiger partial charge in [0.05, 0.1) is 5.56 Å². The van der Waals surface area contributed by atoms with Gasteiger partial charge in [-0.1, -0.05) is 54.0 Å². The number of carbonyl (C=O) groups excluding carboxylic acids is 2. The molecule has 0 heterocycles. The maximum Gasteiger partial charge on any atom is 0.338 e. The van der Waals surface area contributed by atoms with Gasteiger partial charge in [0.1, 0.15) is 0 Å². The lowest BCUT2D eigenvalue weighted by Gasteiger charge is -2.08. The Bertz CT molecular complexity index is 711. The molecule has 0 saturated heterocycles. The number of amides is 1. The van der Waals surface area contributed by atoms with Crippen LogP contribution in [0.2, 0.25) is 0 Å². The standard InChI is InChI=1S/C19H20BrNO3/c1-13(2)15-6-8-16(9-7-15)19(23)24-12-18(22)21-11-14-4-3-5-17(20)10-14/h3-10,13H,11-12H2,1-2H3,(H,21,22). The summed E-state index contributed by atoms with van der Waals surface area (Å²) in [6.45, 7) is 4.27. The molecule has 0 bridgehead atoms. The van der Waals surface area contributed by atoms with Gasteiger partial charge in [-0.3, -0.25) is 4.79 Å². The second-order valence-corrected chi connectivity index (χ2v) is 6.68. The molecular weight excluding hydrogens is 370 g/mol. The summed E-state index contributed by atoms with van der Waals surface area (Å²) in [5.74, 6) is -0.427. The van der Waals surface area contributed by atoms with Crippen LogP contribution in [0, 0.1) is 0 Å². The van der Waals surface area contributed by atoms with Crippen molar-refractivity contribution in [3.8, 4) is 0 Å². The van der Waals surface area contributed by atoms with Crippen LogP contribution in [0.1, 0.15) is 41.3 Å². The summed E-state index contributed by atoms with van der Waals surface area (Å²) in [7, 11) is 0. The lowest BCUT2D eigenvalue weighted by Crippen LogP contribution is -2.28. The molecule has 0 saturated carbocycles. The van der Waals surface area contributed by atoms with Gasteiger partial charge in [0.25, 0.3) is 5.91 Å². The van der Waals surface area contributed by atoms with Crippen molar-refractivity contribution in [3.63, 3.8) is 0 Å². The first-order valence-electron chi connectivity index (χ1n) is 7.74. The smallest absolute Gasteiger partial charge is 0.338 e. The SMILES string of the molecule is CC(C)c1ccc(C(=O)OCC(=O)NCc2cccc(Br)c2)cc1. The average Bonchev–Trinajstić information content (AvgIpc) is 2.58. The Morgan fingerprint density at radius 3 is 2.46 bits per heavy atom. The minimum atomic E-state index is -0.497. The zero-order valence-corrected chi connectivity index (χ0v) is 15.3. The third-order valence-electron chi connectivity index (χ3n) is 3.53. The van der Waals surface area contributed by atoms with Gasteiger partial charge in [0.15, 0.2) is 6.61 Å². The third kappa shape index (κ3) is 5.49. The second kappa shape index (κ2) is 8.64. The monoisotopic (exact) mass is 389 g/mol. The van der Waals surface area contributed by atoms with E-state index in [-0.39, 0.29) is 12.5 Å². The molecular formula is C19H20BrNO3. The van der Waals surface area contributed by atoms with Gasteiger partial charge in [-0.05, 0) is 41.3 Å². The molecule has 1 N–H and O–H groups in total. The van der Waals surface area contributed by atoms with Crippen LogP contribution in [-0.4, -0.2) is 18.5 Å². The molecule has 2 aromatic carbocycles. The highest BCUT2D eigenvalue weighted by molar-refractivity contribution is 9.10. The molecule has 5 heteroatoms. The zero-order valence-electron chi connectivity index (χ0n) is 13.7. The molecule has 0 aliphatic carbocycles. The number of carbonyl (C=O) groups is 2. The lowest BCUT2D eigenvalue weighted by molar-refractivity contribution is -0.124. The zero-order chi connectivity index (χ0) is 17.5. The van der Waals surface area contributed by atoms with E-state index in [9.17, 15) is 9.59 Å². The van der Waals surface area contributed by atoms with Crippen molar-refractivity contribution in [2.45, 2.75) is 26.3 Å². The highest BCUT2D eigenvalue weighted by atomic mass is 79.9. The van der Waals surface area contributed by atoms with Crippen molar-refractivity contribution < 1.29 is 14.3 Å². The summed E-state index contributed by atoms with van der Waals surface area (Å²) in [4.78, 5) is 23.7. The van der Waals surface area contributed by atoms with Gasteiger partial charge in [0, 0.05) is 11.0 Å². The fourth-order valence-corrected chi connectivity index (χ4v) is 2.56. The average molecular weight is 390 g/mol. The normalized spacial score (nSPS) is 10.5. The van der Waals surface area contributed by atoms with E-state index >= 15 is 0 Å². The number of ether oxygens (including phenoxy) is 1. The Hall–Kier alpha value is -2.14. The van der Waals surface area contributed by atoms with E-state index in [2.05, 4.69) is 35.1 Å². The number of halogens is 1. The first-order chi connectivity index (χ1) is 11.5. The summed E-state index contributed by atoms with van der Waals surface area (Å²) in [5, 5.41) is 2.72. The summed E-state index contributed by atoms with van der Waals surface area (Å²) >= 11 is 3.38. The first kappa shape index (κ1) is 18.2. The fraction of sp³-hybridized carbons (Fsp3) is 0.263. The van der Waals surface area contributed by atoms with E-state index in [1.807, 2.05) is 36.4 Å². The van der Waals surface area contributed by atoms with E-state index in [0.717, 1.165) is 15.6 Å². The van der Waals surface area contributed by atoms with Gasteiger partial charge in [-0.2, -0.15) is 0 Å². The Kier molecular flexibility index (Phi) is 6.55. The fourth-order valence-electron chi connectivity index (χ4n) is 2.12. The van der Waals surface area contributed by atoms with Gasteiger partial charge in [-0.15, -0.1) is 0 Å². The largest absolute Gasteiger partial charge is 0.452 e. The van der Waals surface area contributed by atoms with Crippen LogP contribution in [0.4, 0.5) is 0 Å². The van der Waals surface area contributed by atoms with Crippen LogP contribution in [0.15, 0.2) is 53.0 Å². The van der Waals surface area contributed by atoms with E-state index in [4.69, 9.17) is 4.74 Å². The van der Waals surface area contributed by atoms with Crippen molar-refractivity contribution in [2.24, 2.45) is 0 Å². The van der Waals surface area contributed by atoms with Crippen LogP contribution in [-0.2, 0) is 16.1 Å². The van der Waals surface area contributed by atoms with Crippen LogP contribution in [0.3, 0.4) is 0 Å². The van der Waals surface area contributed by atoms with E-state index in [0.29, 0.717) is 18.0 Å². The summed E-state index contributed by atoms with van der Waals surface area (Å²) in [6.07, 6.45) is 0. The molecule has 0 unspecified atom stereocenters. The predicted octanol–water partition coefficient (Wildman–Crippen LogP) is 4.05. The number of hydrogen-bond acceptors (Lipinski definition) is 3. The number of esters is 1. The molecule has 24 heavy (non-hydrogen) atoms. The minimum absolute atomic E-state index is 0.293. The highest BCUT2D eigenvalue weighted by Crippen LogP contribution is 2.15. The van der Waals surface area contributed by atoms with E-state index in [1.54, 1.807) is 12.1 Å². The molecule has 4 nitrogen and oxygen atoms in total.